The maximum absolute atomic E-state index is 12.3. The molecule has 0 aromatic carbocycles. The molecule has 1 amide bonds. The van der Waals surface area contributed by atoms with Gasteiger partial charge in [0.25, 0.3) is 0 Å². The quantitative estimate of drug-likeness (QED) is 0.799. The third-order valence-electron chi connectivity index (χ3n) is 4.38. The molecule has 0 radical (unpaired) electrons. The minimum absolute atomic E-state index is 0.241. The fraction of sp³-hybridized carbons (Fsp3) is 0.929. The first-order valence-corrected chi connectivity index (χ1v) is 7.26. The summed E-state index contributed by atoms with van der Waals surface area (Å²) in [5, 5.41) is 3.29. The molecule has 0 aromatic rings. The predicted molar refractivity (Wildman–Crippen MR) is 69.9 cm³/mol. The first kappa shape index (κ1) is 12.9. The number of amides is 1. The first-order chi connectivity index (χ1) is 8.29. The van der Waals surface area contributed by atoms with Crippen LogP contribution in [0.2, 0.25) is 0 Å². The Morgan fingerprint density at radius 3 is 2.29 bits per heavy atom. The zero-order valence-electron chi connectivity index (χ0n) is 11.1. The minimum atomic E-state index is 0.241. The fourth-order valence-corrected chi connectivity index (χ4v) is 3.16. The lowest BCUT2D eigenvalue weighted by atomic mass is 9.95. The fourth-order valence-electron chi connectivity index (χ4n) is 3.16. The van der Waals surface area contributed by atoms with Gasteiger partial charge in [-0.2, -0.15) is 0 Å². The van der Waals surface area contributed by atoms with E-state index in [-0.39, 0.29) is 5.92 Å². The summed E-state index contributed by atoms with van der Waals surface area (Å²) in [7, 11) is 2.02. The van der Waals surface area contributed by atoms with Gasteiger partial charge in [0.05, 0.1) is 5.92 Å². The van der Waals surface area contributed by atoms with E-state index < -0.39 is 0 Å². The minimum Gasteiger partial charge on any atom is -0.342 e. The van der Waals surface area contributed by atoms with E-state index in [0.717, 1.165) is 19.5 Å². The van der Waals surface area contributed by atoms with Crippen molar-refractivity contribution in [2.45, 2.75) is 57.4 Å². The highest BCUT2D eigenvalue weighted by atomic mass is 16.2. The molecule has 1 atom stereocenters. The van der Waals surface area contributed by atoms with Gasteiger partial charge in [0.15, 0.2) is 0 Å². The predicted octanol–water partition coefficient (Wildman–Crippen LogP) is 2.17. The van der Waals surface area contributed by atoms with E-state index in [1.54, 1.807) is 0 Å². The van der Waals surface area contributed by atoms with Gasteiger partial charge in [-0.15, -0.1) is 0 Å². The van der Waals surface area contributed by atoms with Gasteiger partial charge in [0.1, 0.15) is 0 Å². The number of hydrogen-bond acceptors (Lipinski definition) is 2. The molecule has 1 N–H and O–H groups in total. The van der Waals surface area contributed by atoms with Crippen molar-refractivity contribution >= 4 is 5.91 Å². The van der Waals surface area contributed by atoms with Gasteiger partial charge in [0, 0.05) is 19.6 Å². The topological polar surface area (TPSA) is 32.3 Å². The number of carbonyl (C=O) groups excluding carboxylic acids is 1. The van der Waals surface area contributed by atoms with E-state index in [2.05, 4.69) is 10.2 Å². The van der Waals surface area contributed by atoms with Crippen molar-refractivity contribution in [3.8, 4) is 0 Å². The highest BCUT2D eigenvalue weighted by Gasteiger charge is 2.28. The van der Waals surface area contributed by atoms with Crippen molar-refractivity contribution in [1.29, 1.82) is 0 Å². The van der Waals surface area contributed by atoms with Gasteiger partial charge < -0.3 is 10.2 Å². The average molecular weight is 238 g/mol. The van der Waals surface area contributed by atoms with Crippen LogP contribution in [0.4, 0.5) is 0 Å². The lowest BCUT2D eigenvalue weighted by Gasteiger charge is -2.31. The highest BCUT2D eigenvalue weighted by molar-refractivity contribution is 5.79. The van der Waals surface area contributed by atoms with Crippen LogP contribution in [-0.4, -0.2) is 37.0 Å². The molecule has 98 valence electrons. The van der Waals surface area contributed by atoms with Gasteiger partial charge in [-0.25, -0.2) is 0 Å². The molecule has 3 nitrogen and oxygen atoms in total. The van der Waals surface area contributed by atoms with Crippen molar-refractivity contribution in [3.63, 3.8) is 0 Å². The molecule has 1 heterocycles. The summed E-state index contributed by atoms with van der Waals surface area (Å²) in [6.07, 6.45) is 10.1. The highest BCUT2D eigenvalue weighted by Crippen LogP contribution is 2.22. The van der Waals surface area contributed by atoms with E-state index in [9.17, 15) is 4.79 Å². The van der Waals surface area contributed by atoms with Gasteiger partial charge in [-0.1, -0.05) is 32.1 Å². The van der Waals surface area contributed by atoms with Crippen molar-refractivity contribution in [2.75, 3.05) is 20.1 Å². The third kappa shape index (κ3) is 3.44. The zero-order chi connectivity index (χ0) is 12.1. The average Bonchev–Trinajstić information content (AvgIpc) is 2.80. The van der Waals surface area contributed by atoms with Crippen molar-refractivity contribution in [3.05, 3.63) is 0 Å². The normalized spacial score (nSPS) is 27.5. The summed E-state index contributed by atoms with van der Waals surface area (Å²) < 4.78 is 0. The molecule has 1 aliphatic carbocycles. The van der Waals surface area contributed by atoms with Crippen LogP contribution in [0.5, 0.6) is 0 Å². The molecule has 1 saturated heterocycles. The smallest absolute Gasteiger partial charge is 0.227 e. The van der Waals surface area contributed by atoms with Crippen LogP contribution in [0.1, 0.15) is 51.4 Å². The summed E-state index contributed by atoms with van der Waals surface area (Å²) in [5.41, 5.74) is 0. The Kier molecular flexibility index (Phi) is 4.84. The van der Waals surface area contributed by atoms with E-state index in [0.29, 0.717) is 11.9 Å². The Bertz CT molecular complexity index is 241. The summed E-state index contributed by atoms with van der Waals surface area (Å²) in [5.74, 6) is 0.617. The van der Waals surface area contributed by atoms with Crippen molar-refractivity contribution in [1.82, 2.24) is 10.2 Å². The van der Waals surface area contributed by atoms with Crippen molar-refractivity contribution < 1.29 is 4.79 Å². The summed E-state index contributed by atoms with van der Waals surface area (Å²) >= 11 is 0. The van der Waals surface area contributed by atoms with Crippen LogP contribution in [0, 0.1) is 5.92 Å². The van der Waals surface area contributed by atoms with Crippen molar-refractivity contribution in [2.24, 2.45) is 5.92 Å². The third-order valence-corrected chi connectivity index (χ3v) is 4.38. The molecule has 1 unspecified atom stereocenters. The van der Waals surface area contributed by atoms with Crippen LogP contribution in [0.25, 0.3) is 0 Å². The van der Waals surface area contributed by atoms with Crippen LogP contribution >= 0.6 is 0 Å². The second-order valence-electron chi connectivity index (χ2n) is 5.64. The number of carbonyl (C=O) groups is 1. The van der Waals surface area contributed by atoms with Crippen LogP contribution < -0.4 is 5.32 Å². The molecule has 1 aliphatic heterocycles. The van der Waals surface area contributed by atoms with E-state index in [1.165, 1.54) is 44.9 Å². The monoisotopic (exact) mass is 238 g/mol. The van der Waals surface area contributed by atoms with Gasteiger partial charge in [-0.05, 0) is 25.8 Å². The van der Waals surface area contributed by atoms with Gasteiger partial charge >= 0.3 is 0 Å². The molecule has 0 spiro atoms. The molecule has 2 rings (SSSR count). The van der Waals surface area contributed by atoms with Gasteiger partial charge in [0.2, 0.25) is 5.91 Å². The Morgan fingerprint density at radius 1 is 1.06 bits per heavy atom. The van der Waals surface area contributed by atoms with Crippen LogP contribution in [0.3, 0.4) is 0 Å². The lowest BCUT2D eigenvalue weighted by Crippen LogP contribution is -2.41. The Balaban J connectivity index is 1.87. The number of nitrogens with zero attached hydrogens (tertiary/aromatic N) is 1. The number of hydrogen-bond donors (Lipinski definition) is 1. The lowest BCUT2D eigenvalue weighted by molar-refractivity contribution is -0.136. The van der Waals surface area contributed by atoms with E-state index in [1.807, 2.05) is 7.05 Å². The Hall–Kier alpha value is -0.570. The first-order valence-electron chi connectivity index (χ1n) is 7.26. The van der Waals surface area contributed by atoms with Crippen LogP contribution in [0.15, 0.2) is 0 Å². The van der Waals surface area contributed by atoms with E-state index >= 15 is 0 Å². The Morgan fingerprint density at radius 2 is 1.71 bits per heavy atom. The molecule has 1 saturated carbocycles. The molecular formula is C14H26N2O. The summed E-state index contributed by atoms with van der Waals surface area (Å²) in [6.45, 7) is 1.89. The van der Waals surface area contributed by atoms with Crippen LogP contribution in [-0.2, 0) is 4.79 Å². The summed E-state index contributed by atoms with van der Waals surface area (Å²) in [4.78, 5) is 14.4. The van der Waals surface area contributed by atoms with Gasteiger partial charge in [-0.3, -0.25) is 4.79 Å². The zero-order valence-corrected chi connectivity index (χ0v) is 11.1. The molecule has 17 heavy (non-hydrogen) atoms. The molecule has 3 heteroatoms. The molecule has 2 fully saturated rings. The second-order valence-corrected chi connectivity index (χ2v) is 5.64. The SMILES string of the molecule is CN(C(=O)C1CCNC1)C1CCCCCCC1. The number of rotatable bonds is 2. The largest absolute Gasteiger partial charge is 0.342 e. The maximum atomic E-state index is 12.3. The molecular weight excluding hydrogens is 212 g/mol. The molecule has 2 aliphatic rings. The molecule has 0 aromatic heterocycles. The number of nitrogens with one attached hydrogen (secondary N) is 1. The standard InChI is InChI=1S/C14H26N2O/c1-16(14(17)12-9-10-15-11-12)13-7-5-3-2-4-6-8-13/h12-13,15H,2-11H2,1H3. The second kappa shape index (κ2) is 6.39. The Labute approximate surface area is 105 Å². The summed E-state index contributed by atoms with van der Waals surface area (Å²) in [6, 6.07) is 0.503. The molecule has 0 bridgehead atoms. The van der Waals surface area contributed by atoms with E-state index in [4.69, 9.17) is 0 Å². The maximum Gasteiger partial charge on any atom is 0.227 e.